The summed E-state index contributed by atoms with van der Waals surface area (Å²) < 4.78 is 7.40. The summed E-state index contributed by atoms with van der Waals surface area (Å²) in [7, 11) is 3.69. The highest BCUT2D eigenvalue weighted by Crippen LogP contribution is 2.19. The standard InChI is InChI=1S/C14H15N5O/c1-15-13-11-8-16-19(2)14(11)18-12(17-13)9-20-10-6-4-3-5-7-10/h3-8H,9H2,1-2H3,(H,15,17,18). The highest BCUT2D eigenvalue weighted by Gasteiger charge is 2.10. The van der Waals surface area contributed by atoms with Gasteiger partial charge in [0, 0.05) is 14.1 Å². The maximum atomic E-state index is 5.67. The van der Waals surface area contributed by atoms with Crippen LogP contribution in [0.3, 0.4) is 0 Å². The fourth-order valence-corrected chi connectivity index (χ4v) is 1.99. The van der Waals surface area contributed by atoms with E-state index in [1.165, 1.54) is 0 Å². The van der Waals surface area contributed by atoms with Gasteiger partial charge in [-0.15, -0.1) is 0 Å². The Hall–Kier alpha value is -2.63. The van der Waals surface area contributed by atoms with Gasteiger partial charge in [-0.3, -0.25) is 4.68 Å². The predicted molar refractivity (Wildman–Crippen MR) is 76.6 cm³/mol. The minimum absolute atomic E-state index is 0.319. The number of aryl methyl sites for hydroxylation is 1. The van der Waals surface area contributed by atoms with Crippen molar-refractivity contribution >= 4 is 16.9 Å². The summed E-state index contributed by atoms with van der Waals surface area (Å²) >= 11 is 0. The molecule has 0 saturated heterocycles. The van der Waals surface area contributed by atoms with Crippen molar-refractivity contribution in [1.29, 1.82) is 0 Å². The smallest absolute Gasteiger partial charge is 0.170 e. The maximum Gasteiger partial charge on any atom is 0.170 e. The maximum absolute atomic E-state index is 5.67. The van der Waals surface area contributed by atoms with E-state index < -0.39 is 0 Å². The Morgan fingerprint density at radius 2 is 2.00 bits per heavy atom. The van der Waals surface area contributed by atoms with Crippen molar-refractivity contribution in [3.63, 3.8) is 0 Å². The first-order valence-electron chi connectivity index (χ1n) is 6.32. The van der Waals surface area contributed by atoms with Crippen molar-refractivity contribution in [3.8, 4) is 5.75 Å². The molecule has 3 rings (SSSR count). The van der Waals surface area contributed by atoms with Crippen LogP contribution in [0.4, 0.5) is 5.82 Å². The molecule has 6 nitrogen and oxygen atoms in total. The lowest BCUT2D eigenvalue weighted by Crippen LogP contribution is -2.06. The molecule has 1 aromatic carbocycles. The summed E-state index contributed by atoms with van der Waals surface area (Å²) in [5.74, 6) is 2.18. The number of nitrogens with one attached hydrogen (secondary N) is 1. The van der Waals surface area contributed by atoms with Crippen molar-refractivity contribution in [2.24, 2.45) is 7.05 Å². The molecule has 0 unspecified atom stereocenters. The Labute approximate surface area is 116 Å². The molecule has 0 fully saturated rings. The average Bonchev–Trinajstić information content (AvgIpc) is 2.87. The van der Waals surface area contributed by atoms with Crippen LogP contribution in [0, 0.1) is 0 Å². The number of para-hydroxylation sites is 1. The van der Waals surface area contributed by atoms with E-state index in [0.29, 0.717) is 12.4 Å². The van der Waals surface area contributed by atoms with Gasteiger partial charge in [0.15, 0.2) is 11.5 Å². The van der Waals surface area contributed by atoms with E-state index in [0.717, 1.165) is 22.6 Å². The summed E-state index contributed by atoms with van der Waals surface area (Å²) in [6.07, 6.45) is 1.75. The fraction of sp³-hybridized carbons (Fsp3) is 0.214. The number of rotatable bonds is 4. The molecule has 2 aromatic heterocycles. The molecule has 6 heteroatoms. The van der Waals surface area contributed by atoms with Gasteiger partial charge in [-0.2, -0.15) is 5.10 Å². The van der Waals surface area contributed by atoms with E-state index in [9.17, 15) is 0 Å². The number of anilines is 1. The second kappa shape index (κ2) is 5.16. The highest BCUT2D eigenvalue weighted by molar-refractivity contribution is 5.86. The van der Waals surface area contributed by atoms with Gasteiger partial charge in [0.05, 0.1) is 11.6 Å². The molecule has 3 aromatic rings. The van der Waals surface area contributed by atoms with Gasteiger partial charge < -0.3 is 10.1 Å². The number of hydrogen-bond acceptors (Lipinski definition) is 5. The molecule has 0 atom stereocenters. The van der Waals surface area contributed by atoms with Crippen LogP contribution in [-0.4, -0.2) is 26.8 Å². The Kier molecular flexibility index (Phi) is 3.20. The zero-order valence-electron chi connectivity index (χ0n) is 11.4. The van der Waals surface area contributed by atoms with Crippen LogP contribution < -0.4 is 10.1 Å². The van der Waals surface area contributed by atoms with Crippen LogP contribution in [0.5, 0.6) is 5.75 Å². The van der Waals surface area contributed by atoms with Crippen molar-refractivity contribution in [2.45, 2.75) is 6.61 Å². The number of fused-ring (bicyclic) bond motifs is 1. The third kappa shape index (κ3) is 2.27. The van der Waals surface area contributed by atoms with Crippen LogP contribution in [0.2, 0.25) is 0 Å². The predicted octanol–water partition coefficient (Wildman–Crippen LogP) is 1.98. The summed E-state index contributed by atoms with van der Waals surface area (Å²) in [6.45, 7) is 0.319. The lowest BCUT2D eigenvalue weighted by molar-refractivity contribution is 0.296. The quantitative estimate of drug-likeness (QED) is 0.784. The number of hydrogen-bond donors (Lipinski definition) is 1. The summed E-state index contributed by atoms with van der Waals surface area (Å²) in [5, 5.41) is 8.16. The van der Waals surface area contributed by atoms with Crippen LogP contribution >= 0.6 is 0 Å². The van der Waals surface area contributed by atoms with Crippen LogP contribution in [-0.2, 0) is 13.7 Å². The van der Waals surface area contributed by atoms with E-state index in [2.05, 4.69) is 20.4 Å². The lowest BCUT2D eigenvalue weighted by Gasteiger charge is -2.07. The molecule has 0 aliphatic carbocycles. The topological polar surface area (TPSA) is 64.9 Å². The molecule has 0 saturated carbocycles. The molecule has 102 valence electrons. The zero-order valence-corrected chi connectivity index (χ0v) is 11.4. The average molecular weight is 269 g/mol. The number of benzene rings is 1. The first-order chi connectivity index (χ1) is 9.78. The minimum atomic E-state index is 0.319. The molecule has 0 aliphatic rings. The van der Waals surface area contributed by atoms with Gasteiger partial charge in [-0.1, -0.05) is 18.2 Å². The van der Waals surface area contributed by atoms with Crippen molar-refractivity contribution in [1.82, 2.24) is 19.7 Å². The number of nitrogens with zero attached hydrogens (tertiary/aromatic N) is 4. The van der Waals surface area contributed by atoms with E-state index in [1.807, 2.05) is 44.4 Å². The Bertz CT molecular complexity index is 723. The summed E-state index contributed by atoms with van der Waals surface area (Å²) in [6, 6.07) is 9.62. The molecule has 0 spiro atoms. The number of aromatic nitrogens is 4. The molecule has 2 heterocycles. The monoisotopic (exact) mass is 269 g/mol. The van der Waals surface area contributed by atoms with Gasteiger partial charge in [0.25, 0.3) is 0 Å². The van der Waals surface area contributed by atoms with Crippen molar-refractivity contribution in [3.05, 3.63) is 42.4 Å². The molecule has 1 N–H and O–H groups in total. The third-order valence-corrected chi connectivity index (χ3v) is 2.99. The fourth-order valence-electron chi connectivity index (χ4n) is 1.99. The van der Waals surface area contributed by atoms with Crippen molar-refractivity contribution in [2.75, 3.05) is 12.4 Å². The van der Waals surface area contributed by atoms with Crippen molar-refractivity contribution < 1.29 is 4.74 Å². The lowest BCUT2D eigenvalue weighted by atomic mass is 10.3. The Morgan fingerprint density at radius 3 is 2.75 bits per heavy atom. The van der Waals surface area contributed by atoms with Gasteiger partial charge in [-0.05, 0) is 12.1 Å². The normalized spacial score (nSPS) is 10.7. The molecular formula is C14H15N5O. The minimum Gasteiger partial charge on any atom is -0.486 e. The van der Waals surface area contributed by atoms with Crippen LogP contribution in [0.1, 0.15) is 5.82 Å². The molecule has 0 amide bonds. The number of ether oxygens (including phenoxy) is 1. The molecular weight excluding hydrogens is 254 g/mol. The summed E-state index contributed by atoms with van der Waals surface area (Å²) in [5.41, 5.74) is 0.788. The highest BCUT2D eigenvalue weighted by atomic mass is 16.5. The SMILES string of the molecule is CNc1nc(COc2ccccc2)nc2c1cnn2C. The first kappa shape index (κ1) is 12.4. The Morgan fingerprint density at radius 1 is 1.20 bits per heavy atom. The molecule has 0 radical (unpaired) electrons. The first-order valence-corrected chi connectivity index (χ1v) is 6.32. The van der Waals surface area contributed by atoms with Gasteiger partial charge in [0.1, 0.15) is 18.2 Å². The largest absolute Gasteiger partial charge is 0.486 e. The molecule has 0 aliphatic heterocycles. The second-order valence-corrected chi connectivity index (χ2v) is 4.35. The van der Waals surface area contributed by atoms with Gasteiger partial charge in [-0.25, -0.2) is 9.97 Å². The van der Waals surface area contributed by atoms with Crippen LogP contribution in [0.15, 0.2) is 36.5 Å². The van der Waals surface area contributed by atoms with Gasteiger partial charge in [0.2, 0.25) is 0 Å². The van der Waals surface area contributed by atoms with E-state index in [4.69, 9.17) is 4.74 Å². The zero-order chi connectivity index (χ0) is 13.9. The van der Waals surface area contributed by atoms with Gasteiger partial charge >= 0.3 is 0 Å². The molecule has 20 heavy (non-hydrogen) atoms. The van der Waals surface area contributed by atoms with E-state index >= 15 is 0 Å². The van der Waals surface area contributed by atoms with Crippen LogP contribution in [0.25, 0.3) is 11.0 Å². The second-order valence-electron chi connectivity index (χ2n) is 4.35. The Balaban J connectivity index is 1.89. The summed E-state index contributed by atoms with van der Waals surface area (Å²) in [4.78, 5) is 8.93. The van der Waals surface area contributed by atoms with E-state index in [1.54, 1.807) is 10.9 Å². The molecule has 0 bridgehead atoms. The van der Waals surface area contributed by atoms with E-state index in [-0.39, 0.29) is 0 Å². The third-order valence-electron chi connectivity index (χ3n) is 2.99.